The number of hydrogen-bond donors (Lipinski definition) is 4. The minimum atomic E-state index is -3.71. The predicted octanol–water partition coefficient (Wildman–Crippen LogP) is 1.07. The number of benzene rings is 1. The van der Waals surface area contributed by atoms with Gasteiger partial charge < -0.3 is 5.09 Å². The van der Waals surface area contributed by atoms with Gasteiger partial charge in [-0.3, -0.25) is 4.57 Å². The van der Waals surface area contributed by atoms with Crippen LogP contribution >= 0.6 is 7.59 Å². The molecule has 9 heteroatoms. The van der Waals surface area contributed by atoms with E-state index in [0.29, 0.717) is 18.8 Å². The summed E-state index contributed by atoms with van der Waals surface area (Å²) in [7, 11) is -6.61. The van der Waals surface area contributed by atoms with Gasteiger partial charge in [-0.25, -0.2) is 23.7 Å². The van der Waals surface area contributed by atoms with E-state index >= 15 is 0 Å². The molecule has 0 aromatic heterocycles. The maximum Gasteiger partial charge on any atom is 0.303 e. The van der Waals surface area contributed by atoms with Crippen molar-refractivity contribution in [2.45, 2.75) is 18.7 Å². The van der Waals surface area contributed by atoms with Crippen LogP contribution in [0, 0.1) is 5.41 Å². The van der Waals surface area contributed by atoms with Crippen LogP contribution < -0.4 is 20.4 Å². The number of rotatable bonds is 3. The molecule has 1 aromatic rings. The van der Waals surface area contributed by atoms with Crippen molar-refractivity contribution in [3.63, 3.8) is 0 Å². The summed E-state index contributed by atoms with van der Waals surface area (Å²) >= 11 is 0. The lowest BCUT2D eigenvalue weighted by Crippen LogP contribution is -2.46. The van der Waals surface area contributed by atoms with Crippen molar-refractivity contribution < 1.29 is 13.0 Å². The highest BCUT2D eigenvalue weighted by Crippen LogP contribution is 2.41. The normalized spacial score (nSPS) is 21.4. The Balaban J connectivity index is 2.09. The van der Waals surface area contributed by atoms with E-state index in [1.165, 1.54) is 24.3 Å². The first-order chi connectivity index (χ1) is 9.10. The second kappa shape index (κ2) is 5.13. The first kappa shape index (κ1) is 15.5. The van der Waals surface area contributed by atoms with Gasteiger partial charge in [0.2, 0.25) is 10.0 Å². The molecular formula is C11H19N4O3PS. The van der Waals surface area contributed by atoms with Crippen molar-refractivity contribution in [1.82, 2.24) is 10.2 Å². The first-order valence-corrected chi connectivity index (χ1v) is 9.37. The molecule has 0 aliphatic carbocycles. The lowest BCUT2D eigenvalue weighted by atomic mass is 9.94. The molecule has 0 spiro atoms. The molecule has 0 saturated carbocycles. The quantitative estimate of drug-likeness (QED) is 0.620. The van der Waals surface area contributed by atoms with Gasteiger partial charge in [0, 0.05) is 18.8 Å². The Hall–Kier alpha value is -0.920. The van der Waals surface area contributed by atoms with Crippen LogP contribution in [-0.2, 0) is 14.6 Å². The SMILES string of the molecule is CC1(C)CNP(=O)(Nc2ccc(S(N)(=O)=O)cc2)NC1. The summed E-state index contributed by atoms with van der Waals surface area (Å²) in [5.41, 5.74) is 0.591. The zero-order valence-electron chi connectivity index (χ0n) is 11.4. The summed E-state index contributed by atoms with van der Waals surface area (Å²) in [5, 5.41) is 13.8. The van der Waals surface area contributed by atoms with E-state index in [4.69, 9.17) is 5.14 Å². The van der Waals surface area contributed by atoms with Gasteiger partial charge in [0.15, 0.2) is 0 Å². The van der Waals surface area contributed by atoms with Crippen molar-refractivity contribution in [2.75, 3.05) is 18.2 Å². The van der Waals surface area contributed by atoms with Gasteiger partial charge in [-0.2, -0.15) is 0 Å². The fraction of sp³-hybridized carbons (Fsp3) is 0.455. The predicted molar refractivity (Wildman–Crippen MR) is 78.8 cm³/mol. The summed E-state index contributed by atoms with van der Waals surface area (Å²) in [6, 6.07) is 5.81. The lowest BCUT2D eigenvalue weighted by Gasteiger charge is -2.36. The summed E-state index contributed by atoms with van der Waals surface area (Å²) in [6.45, 7) is 5.38. The van der Waals surface area contributed by atoms with Crippen molar-refractivity contribution in [3.05, 3.63) is 24.3 Å². The molecule has 1 aliphatic rings. The van der Waals surface area contributed by atoms with Crippen LogP contribution in [0.5, 0.6) is 0 Å². The average molecular weight is 318 g/mol. The molecule has 0 unspecified atom stereocenters. The molecule has 20 heavy (non-hydrogen) atoms. The van der Waals surface area contributed by atoms with Crippen LogP contribution in [-0.4, -0.2) is 21.5 Å². The molecule has 7 nitrogen and oxygen atoms in total. The van der Waals surface area contributed by atoms with Gasteiger partial charge in [-0.15, -0.1) is 0 Å². The molecule has 1 saturated heterocycles. The van der Waals surface area contributed by atoms with E-state index in [0.717, 1.165) is 0 Å². The highest BCUT2D eigenvalue weighted by molar-refractivity contribution is 7.89. The van der Waals surface area contributed by atoms with Crippen molar-refractivity contribution in [3.8, 4) is 0 Å². The van der Waals surface area contributed by atoms with Crippen molar-refractivity contribution >= 4 is 23.3 Å². The van der Waals surface area contributed by atoms with E-state index < -0.39 is 17.6 Å². The minimum Gasteiger partial charge on any atom is -0.313 e. The first-order valence-electron chi connectivity index (χ1n) is 6.11. The molecule has 1 aliphatic heterocycles. The van der Waals surface area contributed by atoms with E-state index in [1.807, 2.05) is 0 Å². The zero-order valence-corrected chi connectivity index (χ0v) is 13.1. The summed E-state index contributed by atoms with van der Waals surface area (Å²) in [6.07, 6.45) is 0. The Morgan fingerprint density at radius 1 is 1.20 bits per heavy atom. The van der Waals surface area contributed by atoms with Crippen LogP contribution in [0.2, 0.25) is 0 Å². The standard InChI is InChI=1S/C11H19N4O3PS/c1-11(2)7-13-19(16,14-8-11)15-9-3-5-10(6-4-9)20(12,17)18/h3-6H,7-8H2,1-2H3,(H2,12,17,18)(H3,13,14,15,16). The summed E-state index contributed by atoms with van der Waals surface area (Å²) < 4.78 is 34.8. The minimum absolute atomic E-state index is 0.0204. The second-order valence-corrected chi connectivity index (χ2v) is 9.26. The van der Waals surface area contributed by atoms with Crippen LogP contribution in [0.4, 0.5) is 5.69 Å². The Morgan fingerprint density at radius 3 is 2.15 bits per heavy atom. The Bertz CT molecular complexity index is 628. The summed E-state index contributed by atoms with van der Waals surface area (Å²) in [5.74, 6) is 0. The zero-order chi connectivity index (χ0) is 15.0. The number of hydrogen-bond acceptors (Lipinski definition) is 3. The monoisotopic (exact) mass is 318 g/mol. The lowest BCUT2D eigenvalue weighted by molar-refractivity contribution is 0.339. The summed E-state index contributed by atoms with van der Waals surface area (Å²) in [4.78, 5) is 0.0204. The van der Waals surface area contributed by atoms with Crippen molar-refractivity contribution in [1.29, 1.82) is 0 Å². The number of sulfonamides is 1. The molecule has 0 amide bonds. The Labute approximate surface area is 118 Å². The fourth-order valence-corrected chi connectivity index (χ4v) is 4.35. The molecule has 0 radical (unpaired) electrons. The molecule has 5 N–H and O–H groups in total. The third-order valence-corrected chi connectivity index (χ3v) is 5.74. The van der Waals surface area contributed by atoms with Crippen molar-refractivity contribution in [2.24, 2.45) is 10.6 Å². The highest BCUT2D eigenvalue weighted by atomic mass is 32.2. The smallest absolute Gasteiger partial charge is 0.303 e. The van der Waals surface area contributed by atoms with E-state index in [2.05, 4.69) is 29.1 Å². The van der Waals surface area contributed by atoms with E-state index in [-0.39, 0.29) is 10.3 Å². The third-order valence-electron chi connectivity index (χ3n) is 3.03. The van der Waals surface area contributed by atoms with E-state index in [1.54, 1.807) is 0 Å². The maximum atomic E-state index is 12.5. The van der Waals surface area contributed by atoms with Crippen LogP contribution in [0.25, 0.3) is 0 Å². The van der Waals surface area contributed by atoms with Crippen LogP contribution in [0.3, 0.4) is 0 Å². The topological polar surface area (TPSA) is 113 Å². The van der Waals surface area contributed by atoms with E-state index in [9.17, 15) is 13.0 Å². The van der Waals surface area contributed by atoms with Crippen LogP contribution in [0.1, 0.15) is 13.8 Å². The fourth-order valence-electron chi connectivity index (χ4n) is 1.75. The molecule has 2 rings (SSSR count). The second-order valence-electron chi connectivity index (χ2n) is 5.62. The molecule has 1 heterocycles. The van der Waals surface area contributed by atoms with Gasteiger partial charge in [0.25, 0.3) is 0 Å². The van der Waals surface area contributed by atoms with Gasteiger partial charge >= 0.3 is 7.59 Å². The largest absolute Gasteiger partial charge is 0.313 e. The molecule has 0 bridgehead atoms. The van der Waals surface area contributed by atoms with Crippen LogP contribution in [0.15, 0.2) is 29.2 Å². The van der Waals surface area contributed by atoms with Gasteiger partial charge in [0.1, 0.15) is 0 Å². The molecule has 0 atom stereocenters. The number of nitrogens with two attached hydrogens (primary N) is 1. The number of nitrogens with one attached hydrogen (secondary N) is 3. The molecular weight excluding hydrogens is 299 g/mol. The average Bonchev–Trinajstić information content (AvgIpc) is 2.33. The Kier molecular flexibility index (Phi) is 3.96. The number of primary sulfonamides is 1. The van der Waals surface area contributed by atoms with Gasteiger partial charge in [0.05, 0.1) is 4.90 Å². The molecule has 112 valence electrons. The number of anilines is 1. The third kappa shape index (κ3) is 3.80. The highest BCUT2D eigenvalue weighted by Gasteiger charge is 2.33. The molecule has 1 aromatic carbocycles. The maximum absolute atomic E-state index is 12.5. The Morgan fingerprint density at radius 2 is 1.70 bits per heavy atom. The molecule has 1 fully saturated rings. The van der Waals surface area contributed by atoms with Gasteiger partial charge in [-0.1, -0.05) is 13.8 Å². The van der Waals surface area contributed by atoms with Gasteiger partial charge in [-0.05, 0) is 29.7 Å².